The fourth-order valence-corrected chi connectivity index (χ4v) is 2.09. The summed E-state index contributed by atoms with van der Waals surface area (Å²) in [5.74, 6) is 0. The van der Waals surface area contributed by atoms with Gasteiger partial charge in [-0.05, 0) is 32.3 Å². The molecule has 2 heterocycles. The van der Waals surface area contributed by atoms with Crippen molar-refractivity contribution in [1.82, 2.24) is 4.98 Å². The molecule has 1 unspecified atom stereocenters. The quantitative estimate of drug-likeness (QED) is 0.738. The van der Waals surface area contributed by atoms with E-state index in [4.69, 9.17) is 5.73 Å². The van der Waals surface area contributed by atoms with E-state index in [0.29, 0.717) is 6.04 Å². The summed E-state index contributed by atoms with van der Waals surface area (Å²) in [7, 11) is 0. The summed E-state index contributed by atoms with van der Waals surface area (Å²) in [6, 6.07) is 2.46. The van der Waals surface area contributed by atoms with Crippen LogP contribution in [0.15, 0.2) is 18.5 Å². The zero-order valence-electron chi connectivity index (χ0n) is 8.61. The molecule has 1 aliphatic rings. The molecule has 3 nitrogen and oxygen atoms in total. The lowest BCUT2D eigenvalue weighted by Crippen LogP contribution is -2.37. The normalized spacial score (nSPS) is 22.4. The highest BCUT2D eigenvalue weighted by atomic mass is 15.2. The van der Waals surface area contributed by atoms with E-state index in [1.54, 1.807) is 6.20 Å². The van der Waals surface area contributed by atoms with Gasteiger partial charge in [-0.3, -0.25) is 4.98 Å². The summed E-state index contributed by atoms with van der Waals surface area (Å²) in [5, 5.41) is 0. The van der Waals surface area contributed by atoms with E-state index in [0.717, 1.165) is 17.9 Å². The molecule has 0 bridgehead atoms. The Hall–Kier alpha value is -1.25. The van der Waals surface area contributed by atoms with Gasteiger partial charge in [0.05, 0.1) is 17.6 Å². The van der Waals surface area contributed by atoms with Crippen LogP contribution in [-0.4, -0.2) is 17.6 Å². The Balaban J connectivity index is 2.25. The summed E-state index contributed by atoms with van der Waals surface area (Å²) < 4.78 is 0. The van der Waals surface area contributed by atoms with Crippen LogP contribution in [0.5, 0.6) is 0 Å². The molecule has 0 radical (unpaired) electrons. The predicted octanol–water partition coefficient (Wildman–Crippen LogP) is 2.04. The number of nitrogen functional groups attached to an aromatic ring is 1. The van der Waals surface area contributed by atoms with Gasteiger partial charge in [0.25, 0.3) is 0 Å². The lowest BCUT2D eigenvalue weighted by molar-refractivity contribution is 0.485. The first-order valence-electron chi connectivity index (χ1n) is 5.25. The largest absolute Gasteiger partial charge is 0.397 e. The average Bonchev–Trinajstić information content (AvgIpc) is 2.20. The van der Waals surface area contributed by atoms with E-state index in [-0.39, 0.29) is 0 Å². The fourth-order valence-electron chi connectivity index (χ4n) is 2.09. The Morgan fingerprint density at radius 3 is 3.07 bits per heavy atom. The first-order valence-corrected chi connectivity index (χ1v) is 5.25. The molecule has 0 aromatic carbocycles. The highest BCUT2D eigenvalue weighted by Crippen LogP contribution is 2.28. The molecule has 1 fully saturated rings. The van der Waals surface area contributed by atoms with Crippen molar-refractivity contribution >= 4 is 11.4 Å². The molecule has 2 N–H and O–H groups in total. The maximum atomic E-state index is 5.93. The molecular weight excluding hydrogens is 174 g/mol. The number of anilines is 2. The second-order valence-electron chi connectivity index (χ2n) is 3.97. The predicted molar refractivity (Wildman–Crippen MR) is 59.3 cm³/mol. The molecule has 1 aromatic rings. The Bertz CT molecular complexity index is 311. The number of aromatic nitrogens is 1. The zero-order valence-corrected chi connectivity index (χ0v) is 8.61. The minimum atomic E-state index is 0.593. The highest BCUT2D eigenvalue weighted by molar-refractivity contribution is 5.66. The Morgan fingerprint density at radius 2 is 2.36 bits per heavy atom. The van der Waals surface area contributed by atoms with Crippen molar-refractivity contribution in [2.24, 2.45) is 0 Å². The molecule has 0 aliphatic carbocycles. The average molecular weight is 191 g/mol. The third-order valence-corrected chi connectivity index (χ3v) is 2.95. The van der Waals surface area contributed by atoms with Crippen LogP contribution in [0, 0.1) is 0 Å². The van der Waals surface area contributed by atoms with Gasteiger partial charge in [0.1, 0.15) is 0 Å². The Morgan fingerprint density at radius 1 is 1.50 bits per heavy atom. The van der Waals surface area contributed by atoms with Crippen LogP contribution in [0.2, 0.25) is 0 Å². The number of hydrogen-bond acceptors (Lipinski definition) is 3. The van der Waals surface area contributed by atoms with E-state index >= 15 is 0 Å². The number of rotatable bonds is 1. The van der Waals surface area contributed by atoms with Crippen molar-refractivity contribution in [2.45, 2.75) is 32.2 Å². The number of hydrogen-bond donors (Lipinski definition) is 1. The van der Waals surface area contributed by atoms with Crippen molar-refractivity contribution in [2.75, 3.05) is 17.2 Å². The molecule has 0 amide bonds. The summed E-state index contributed by atoms with van der Waals surface area (Å²) in [6.07, 6.45) is 7.47. The molecule has 1 saturated heterocycles. The van der Waals surface area contributed by atoms with Gasteiger partial charge >= 0.3 is 0 Å². The molecular formula is C11H17N3. The lowest BCUT2D eigenvalue weighted by atomic mass is 10.0. The van der Waals surface area contributed by atoms with E-state index in [1.165, 1.54) is 19.3 Å². The van der Waals surface area contributed by atoms with Gasteiger partial charge in [-0.2, -0.15) is 0 Å². The van der Waals surface area contributed by atoms with E-state index < -0.39 is 0 Å². The number of nitrogens with two attached hydrogens (primary N) is 1. The van der Waals surface area contributed by atoms with Crippen LogP contribution in [-0.2, 0) is 0 Å². The smallest absolute Gasteiger partial charge is 0.0788 e. The van der Waals surface area contributed by atoms with Crippen LogP contribution in [0.1, 0.15) is 26.2 Å². The monoisotopic (exact) mass is 191 g/mol. The number of nitrogens with zero attached hydrogens (tertiary/aromatic N) is 2. The standard InChI is InChI=1S/C11H17N3/c1-9-4-2-3-7-14(9)11-8-13-6-5-10(11)12/h5-6,8-9H,2-4,7H2,1H3,(H2,12,13). The summed E-state index contributed by atoms with van der Waals surface area (Å²) in [4.78, 5) is 6.50. The van der Waals surface area contributed by atoms with Crippen LogP contribution in [0.25, 0.3) is 0 Å². The Kier molecular flexibility index (Phi) is 2.57. The zero-order chi connectivity index (χ0) is 9.97. The highest BCUT2D eigenvalue weighted by Gasteiger charge is 2.19. The van der Waals surface area contributed by atoms with E-state index in [2.05, 4.69) is 16.8 Å². The molecule has 0 saturated carbocycles. The minimum absolute atomic E-state index is 0.593. The summed E-state index contributed by atoms with van der Waals surface area (Å²) in [5.41, 5.74) is 7.87. The molecule has 1 aliphatic heterocycles. The third-order valence-electron chi connectivity index (χ3n) is 2.95. The SMILES string of the molecule is CC1CCCCN1c1cnccc1N. The molecule has 1 atom stereocenters. The first kappa shape index (κ1) is 9.31. The van der Waals surface area contributed by atoms with Gasteiger partial charge < -0.3 is 10.6 Å². The molecule has 1 aromatic heterocycles. The second kappa shape index (κ2) is 3.86. The van der Waals surface area contributed by atoms with Gasteiger partial charge in [0, 0.05) is 18.8 Å². The lowest BCUT2D eigenvalue weighted by Gasteiger charge is -2.35. The fraction of sp³-hybridized carbons (Fsp3) is 0.545. The second-order valence-corrected chi connectivity index (χ2v) is 3.97. The summed E-state index contributed by atoms with van der Waals surface area (Å²) >= 11 is 0. The molecule has 76 valence electrons. The van der Waals surface area contributed by atoms with Crippen molar-refractivity contribution in [1.29, 1.82) is 0 Å². The van der Waals surface area contributed by atoms with E-state index in [1.807, 2.05) is 12.3 Å². The first-order chi connectivity index (χ1) is 6.79. The van der Waals surface area contributed by atoms with Gasteiger partial charge in [-0.1, -0.05) is 0 Å². The summed E-state index contributed by atoms with van der Waals surface area (Å²) in [6.45, 7) is 3.36. The van der Waals surface area contributed by atoms with Gasteiger partial charge in [-0.25, -0.2) is 0 Å². The van der Waals surface area contributed by atoms with Crippen LogP contribution >= 0.6 is 0 Å². The molecule has 2 rings (SSSR count). The van der Waals surface area contributed by atoms with Gasteiger partial charge in [0.15, 0.2) is 0 Å². The number of pyridine rings is 1. The molecule has 3 heteroatoms. The maximum absolute atomic E-state index is 5.93. The Labute approximate surface area is 84.9 Å². The van der Waals surface area contributed by atoms with Crippen molar-refractivity contribution in [3.63, 3.8) is 0 Å². The van der Waals surface area contributed by atoms with Gasteiger partial charge in [-0.15, -0.1) is 0 Å². The van der Waals surface area contributed by atoms with Crippen molar-refractivity contribution in [3.05, 3.63) is 18.5 Å². The topological polar surface area (TPSA) is 42.2 Å². The minimum Gasteiger partial charge on any atom is -0.397 e. The maximum Gasteiger partial charge on any atom is 0.0788 e. The molecule has 0 spiro atoms. The van der Waals surface area contributed by atoms with Crippen molar-refractivity contribution in [3.8, 4) is 0 Å². The van der Waals surface area contributed by atoms with Gasteiger partial charge in [0.2, 0.25) is 0 Å². The van der Waals surface area contributed by atoms with Crippen LogP contribution in [0.4, 0.5) is 11.4 Å². The van der Waals surface area contributed by atoms with Crippen LogP contribution in [0.3, 0.4) is 0 Å². The van der Waals surface area contributed by atoms with Crippen LogP contribution < -0.4 is 10.6 Å². The molecule has 14 heavy (non-hydrogen) atoms. The van der Waals surface area contributed by atoms with E-state index in [9.17, 15) is 0 Å². The third kappa shape index (κ3) is 1.67. The van der Waals surface area contributed by atoms with Crippen molar-refractivity contribution < 1.29 is 0 Å². The number of piperidine rings is 1.